The van der Waals surface area contributed by atoms with Crippen LogP contribution in [0.4, 0.5) is 0 Å². The predicted molar refractivity (Wildman–Crippen MR) is 80.4 cm³/mol. The van der Waals surface area contributed by atoms with Gasteiger partial charge in [-0.15, -0.1) is 0 Å². The number of hydrogen-bond donors (Lipinski definition) is 2. The third-order valence-corrected chi connectivity index (χ3v) is 3.93. The minimum atomic E-state index is -0.354. The standard InChI is InChI=1S/C15H29N3O2/c1-5-11(2)16-14(19)12(3)17-13(4)15(20)18-9-7-6-8-10-18/h11-13,17H,5-10H2,1-4H3,(H,16,19). The molecule has 0 aromatic heterocycles. The summed E-state index contributed by atoms with van der Waals surface area (Å²) in [7, 11) is 0. The summed E-state index contributed by atoms with van der Waals surface area (Å²) >= 11 is 0. The van der Waals surface area contributed by atoms with E-state index in [1.807, 2.05) is 25.7 Å². The van der Waals surface area contributed by atoms with Gasteiger partial charge >= 0.3 is 0 Å². The van der Waals surface area contributed by atoms with Crippen molar-refractivity contribution in [3.05, 3.63) is 0 Å². The number of amides is 2. The summed E-state index contributed by atoms with van der Waals surface area (Å²) in [5, 5.41) is 6.03. The van der Waals surface area contributed by atoms with Crippen LogP contribution in [0.3, 0.4) is 0 Å². The van der Waals surface area contributed by atoms with Crippen LogP contribution in [0.25, 0.3) is 0 Å². The molecule has 1 saturated heterocycles. The molecular formula is C15H29N3O2. The molecule has 0 spiro atoms. The normalized spacial score (nSPS) is 20.1. The molecule has 1 rings (SSSR count). The molecule has 0 aromatic carbocycles. The van der Waals surface area contributed by atoms with Gasteiger partial charge in [0.2, 0.25) is 11.8 Å². The van der Waals surface area contributed by atoms with Crippen LogP contribution >= 0.6 is 0 Å². The third kappa shape index (κ3) is 5.12. The van der Waals surface area contributed by atoms with Crippen LogP contribution in [0.2, 0.25) is 0 Å². The maximum atomic E-state index is 12.3. The summed E-state index contributed by atoms with van der Waals surface area (Å²) < 4.78 is 0. The average molecular weight is 283 g/mol. The summed E-state index contributed by atoms with van der Waals surface area (Å²) in [4.78, 5) is 26.1. The Labute approximate surface area is 122 Å². The highest BCUT2D eigenvalue weighted by Crippen LogP contribution is 2.10. The minimum absolute atomic E-state index is 0.0438. The Bertz CT molecular complexity index is 327. The first-order valence-corrected chi connectivity index (χ1v) is 7.81. The Morgan fingerprint density at radius 2 is 1.65 bits per heavy atom. The molecule has 0 aliphatic carbocycles. The van der Waals surface area contributed by atoms with E-state index in [1.54, 1.807) is 6.92 Å². The van der Waals surface area contributed by atoms with Crippen molar-refractivity contribution in [2.24, 2.45) is 0 Å². The summed E-state index contributed by atoms with van der Waals surface area (Å²) in [5.74, 6) is 0.0607. The van der Waals surface area contributed by atoms with E-state index in [2.05, 4.69) is 10.6 Å². The van der Waals surface area contributed by atoms with Crippen molar-refractivity contribution in [2.75, 3.05) is 13.1 Å². The van der Waals surface area contributed by atoms with Crippen molar-refractivity contribution in [1.82, 2.24) is 15.5 Å². The molecule has 5 nitrogen and oxygen atoms in total. The average Bonchev–Trinajstić information content (AvgIpc) is 2.46. The van der Waals surface area contributed by atoms with Crippen molar-refractivity contribution in [2.45, 2.75) is 71.5 Å². The molecule has 1 aliphatic rings. The Morgan fingerprint density at radius 3 is 2.20 bits per heavy atom. The van der Waals surface area contributed by atoms with Crippen LogP contribution in [0.5, 0.6) is 0 Å². The highest BCUT2D eigenvalue weighted by molar-refractivity contribution is 5.85. The number of hydrogen-bond acceptors (Lipinski definition) is 3. The van der Waals surface area contributed by atoms with Gasteiger partial charge in [-0.2, -0.15) is 0 Å². The maximum Gasteiger partial charge on any atom is 0.239 e. The number of carbonyl (C=O) groups excluding carboxylic acids is 2. The molecule has 0 radical (unpaired) electrons. The van der Waals surface area contributed by atoms with E-state index in [4.69, 9.17) is 0 Å². The van der Waals surface area contributed by atoms with Crippen LogP contribution < -0.4 is 10.6 Å². The third-order valence-electron chi connectivity index (χ3n) is 3.93. The van der Waals surface area contributed by atoms with E-state index in [-0.39, 0.29) is 29.9 Å². The zero-order valence-electron chi connectivity index (χ0n) is 13.2. The van der Waals surface area contributed by atoms with Gasteiger partial charge < -0.3 is 10.2 Å². The lowest BCUT2D eigenvalue weighted by Gasteiger charge is -2.30. The fourth-order valence-electron chi connectivity index (χ4n) is 2.38. The van der Waals surface area contributed by atoms with Crippen molar-refractivity contribution in [3.8, 4) is 0 Å². The maximum absolute atomic E-state index is 12.3. The number of nitrogens with zero attached hydrogens (tertiary/aromatic N) is 1. The summed E-state index contributed by atoms with van der Waals surface area (Å²) in [5.41, 5.74) is 0. The summed E-state index contributed by atoms with van der Waals surface area (Å²) in [6, 6.07) is -0.502. The van der Waals surface area contributed by atoms with E-state index in [1.165, 1.54) is 6.42 Å². The van der Waals surface area contributed by atoms with Gasteiger partial charge in [-0.3, -0.25) is 14.9 Å². The van der Waals surface area contributed by atoms with E-state index >= 15 is 0 Å². The number of rotatable bonds is 6. The molecule has 1 heterocycles. The summed E-state index contributed by atoms with van der Waals surface area (Å²) in [6.07, 6.45) is 4.28. The van der Waals surface area contributed by atoms with Gasteiger partial charge in [0.05, 0.1) is 12.1 Å². The zero-order valence-corrected chi connectivity index (χ0v) is 13.2. The largest absolute Gasteiger partial charge is 0.352 e. The van der Waals surface area contributed by atoms with Crippen LogP contribution in [-0.4, -0.2) is 47.9 Å². The molecule has 3 atom stereocenters. The van der Waals surface area contributed by atoms with Gasteiger partial charge in [-0.1, -0.05) is 6.92 Å². The Hall–Kier alpha value is -1.10. The Kier molecular flexibility index (Phi) is 6.99. The highest BCUT2D eigenvalue weighted by atomic mass is 16.2. The number of piperidine rings is 1. The Morgan fingerprint density at radius 1 is 1.05 bits per heavy atom. The van der Waals surface area contributed by atoms with Crippen LogP contribution in [0.1, 0.15) is 53.4 Å². The summed E-state index contributed by atoms with van der Waals surface area (Å²) in [6.45, 7) is 9.34. The van der Waals surface area contributed by atoms with Crippen molar-refractivity contribution < 1.29 is 9.59 Å². The lowest BCUT2D eigenvalue weighted by molar-refractivity contribution is -0.134. The lowest BCUT2D eigenvalue weighted by atomic mass is 10.1. The van der Waals surface area contributed by atoms with Gasteiger partial charge in [0.1, 0.15) is 0 Å². The molecule has 5 heteroatoms. The number of nitrogens with one attached hydrogen (secondary N) is 2. The highest BCUT2D eigenvalue weighted by Gasteiger charge is 2.25. The van der Waals surface area contributed by atoms with Crippen LogP contribution in [-0.2, 0) is 9.59 Å². The van der Waals surface area contributed by atoms with E-state index in [0.717, 1.165) is 32.4 Å². The Balaban J connectivity index is 2.41. The van der Waals surface area contributed by atoms with E-state index < -0.39 is 0 Å². The van der Waals surface area contributed by atoms with Crippen molar-refractivity contribution >= 4 is 11.8 Å². The SMILES string of the molecule is CCC(C)NC(=O)C(C)NC(C)C(=O)N1CCCCC1. The smallest absolute Gasteiger partial charge is 0.239 e. The minimum Gasteiger partial charge on any atom is -0.352 e. The fraction of sp³-hybridized carbons (Fsp3) is 0.867. The number of likely N-dealkylation sites (tertiary alicyclic amines) is 1. The zero-order chi connectivity index (χ0) is 15.1. The van der Waals surface area contributed by atoms with Gasteiger partial charge in [0.25, 0.3) is 0 Å². The molecule has 0 aromatic rings. The first-order chi connectivity index (χ1) is 9.45. The second-order valence-corrected chi connectivity index (χ2v) is 5.81. The predicted octanol–water partition coefficient (Wildman–Crippen LogP) is 1.28. The first-order valence-electron chi connectivity index (χ1n) is 7.81. The molecule has 1 aliphatic heterocycles. The molecule has 0 saturated carbocycles. The van der Waals surface area contributed by atoms with Crippen LogP contribution in [0, 0.1) is 0 Å². The first kappa shape index (κ1) is 17.0. The van der Waals surface area contributed by atoms with Crippen LogP contribution in [0.15, 0.2) is 0 Å². The van der Waals surface area contributed by atoms with Gasteiger partial charge in [0, 0.05) is 19.1 Å². The molecule has 0 bridgehead atoms. The van der Waals surface area contributed by atoms with Crippen molar-refractivity contribution in [1.29, 1.82) is 0 Å². The molecule has 116 valence electrons. The quantitative estimate of drug-likeness (QED) is 0.772. The fourth-order valence-corrected chi connectivity index (χ4v) is 2.38. The molecular weight excluding hydrogens is 254 g/mol. The van der Waals surface area contributed by atoms with Gasteiger partial charge in [-0.25, -0.2) is 0 Å². The van der Waals surface area contributed by atoms with Crippen molar-refractivity contribution in [3.63, 3.8) is 0 Å². The molecule has 2 N–H and O–H groups in total. The molecule has 2 amide bonds. The molecule has 3 unspecified atom stereocenters. The molecule has 20 heavy (non-hydrogen) atoms. The number of carbonyl (C=O) groups is 2. The second-order valence-electron chi connectivity index (χ2n) is 5.81. The lowest BCUT2D eigenvalue weighted by Crippen LogP contribution is -2.53. The van der Waals surface area contributed by atoms with Gasteiger partial charge in [0.15, 0.2) is 0 Å². The topological polar surface area (TPSA) is 61.4 Å². The van der Waals surface area contributed by atoms with Gasteiger partial charge in [-0.05, 0) is 46.5 Å². The molecule has 1 fully saturated rings. The van der Waals surface area contributed by atoms with E-state index in [0.29, 0.717) is 0 Å². The second kappa shape index (κ2) is 8.25. The monoisotopic (exact) mass is 283 g/mol. The van der Waals surface area contributed by atoms with E-state index in [9.17, 15) is 9.59 Å².